The van der Waals surface area contributed by atoms with Gasteiger partial charge in [0.2, 0.25) is 0 Å². The van der Waals surface area contributed by atoms with E-state index in [0.29, 0.717) is 34.4 Å². The molecule has 1 aliphatic heterocycles. The number of rotatable bonds is 4. The highest BCUT2D eigenvalue weighted by Crippen LogP contribution is 2.32. The average Bonchev–Trinajstić information content (AvgIpc) is 2.97. The van der Waals surface area contributed by atoms with E-state index in [4.69, 9.17) is 33.2 Å². The first-order valence-electron chi connectivity index (χ1n) is 9.14. The van der Waals surface area contributed by atoms with E-state index in [1.807, 2.05) is 29.2 Å². The van der Waals surface area contributed by atoms with Crippen molar-refractivity contribution in [3.05, 3.63) is 58.1 Å². The first-order chi connectivity index (χ1) is 13.5. The fourth-order valence-electron chi connectivity index (χ4n) is 3.22. The third-order valence-corrected chi connectivity index (χ3v) is 5.54. The Bertz CT molecular complexity index is 880. The lowest BCUT2D eigenvalue weighted by Crippen LogP contribution is -2.42. The van der Waals surface area contributed by atoms with Gasteiger partial charge < -0.3 is 14.5 Å². The summed E-state index contributed by atoms with van der Waals surface area (Å²) in [5.41, 5.74) is 1.70. The summed E-state index contributed by atoms with van der Waals surface area (Å²) < 4.78 is 5.77. The predicted molar refractivity (Wildman–Crippen MR) is 111 cm³/mol. The monoisotopic (exact) mass is 417 g/mol. The van der Waals surface area contributed by atoms with Crippen LogP contribution in [0.15, 0.2) is 42.5 Å². The summed E-state index contributed by atoms with van der Waals surface area (Å²) in [6.07, 6.45) is 0.202. The van der Waals surface area contributed by atoms with Crippen molar-refractivity contribution in [3.63, 3.8) is 0 Å². The van der Waals surface area contributed by atoms with Crippen LogP contribution in [0, 0.1) is 11.3 Å². The Kier molecular flexibility index (Phi) is 6.66. The second kappa shape index (κ2) is 9.18. The Hall–Kier alpha value is -2.42. The number of anilines is 1. The smallest absolute Gasteiger partial charge is 0.263 e. The predicted octanol–water partition coefficient (Wildman–Crippen LogP) is 4.37. The summed E-state index contributed by atoms with van der Waals surface area (Å²) in [5, 5.41) is 9.64. The van der Waals surface area contributed by atoms with Crippen molar-refractivity contribution in [1.82, 2.24) is 4.90 Å². The van der Waals surface area contributed by atoms with Gasteiger partial charge in [-0.3, -0.25) is 4.79 Å². The van der Waals surface area contributed by atoms with E-state index in [2.05, 4.69) is 11.0 Å². The van der Waals surface area contributed by atoms with Crippen LogP contribution >= 0.6 is 23.2 Å². The van der Waals surface area contributed by atoms with Crippen LogP contribution in [0.1, 0.15) is 18.9 Å². The minimum Gasteiger partial charge on any atom is -0.479 e. The molecule has 0 aliphatic carbocycles. The van der Waals surface area contributed by atoms with E-state index in [0.717, 1.165) is 25.2 Å². The zero-order chi connectivity index (χ0) is 20.1. The molecule has 2 aromatic carbocycles. The summed E-state index contributed by atoms with van der Waals surface area (Å²) >= 11 is 12.2. The lowest BCUT2D eigenvalue weighted by atomic mass is 10.2. The van der Waals surface area contributed by atoms with Crippen LogP contribution < -0.4 is 9.64 Å². The van der Waals surface area contributed by atoms with Crippen LogP contribution in [-0.4, -0.2) is 43.1 Å². The number of amides is 1. The lowest BCUT2D eigenvalue weighted by molar-refractivity contribution is -0.137. The van der Waals surface area contributed by atoms with Gasteiger partial charge in [-0.25, -0.2) is 0 Å². The van der Waals surface area contributed by atoms with Crippen LogP contribution in [0.3, 0.4) is 0 Å². The van der Waals surface area contributed by atoms with E-state index in [9.17, 15) is 4.79 Å². The zero-order valence-electron chi connectivity index (χ0n) is 15.6. The molecule has 0 bridgehead atoms. The Labute approximate surface area is 175 Å². The molecule has 0 saturated carbocycles. The van der Waals surface area contributed by atoms with E-state index in [1.165, 1.54) is 0 Å². The molecule has 1 amide bonds. The first-order valence-corrected chi connectivity index (χ1v) is 9.89. The number of ether oxygens (including phenoxy) is 1. The molecule has 146 valence electrons. The molecule has 1 fully saturated rings. The maximum absolute atomic E-state index is 12.8. The van der Waals surface area contributed by atoms with Gasteiger partial charge in [-0.05, 0) is 49.7 Å². The summed E-state index contributed by atoms with van der Waals surface area (Å²) in [6.45, 7) is 4.58. The van der Waals surface area contributed by atoms with Gasteiger partial charge in [0.25, 0.3) is 5.91 Å². The Morgan fingerprint density at radius 1 is 1.11 bits per heavy atom. The molecular formula is C21H21Cl2N3O2. The fourth-order valence-corrected chi connectivity index (χ4v) is 3.55. The van der Waals surface area contributed by atoms with E-state index in [-0.39, 0.29) is 5.91 Å². The Balaban J connectivity index is 1.61. The van der Waals surface area contributed by atoms with Crippen LogP contribution in [-0.2, 0) is 4.79 Å². The molecule has 0 radical (unpaired) electrons. The number of hydrogen-bond acceptors (Lipinski definition) is 4. The third kappa shape index (κ3) is 4.70. The highest BCUT2D eigenvalue weighted by atomic mass is 35.5. The molecule has 1 aliphatic rings. The minimum atomic E-state index is -0.655. The van der Waals surface area contributed by atoms with Crippen LogP contribution in [0.2, 0.25) is 10.0 Å². The van der Waals surface area contributed by atoms with E-state index >= 15 is 0 Å². The molecule has 1 unspecified atom stereocenters. The van der Waals surface area contributed by atoms with Crippen molar-refractivity contribution >= 4 is 34.8 Å². The van der Waals surface area contributed by atoms with Crippen molar-refractivity contribution in [2.75, 3.05) is 31.1 Å². The molecule has 1 saturated heterocycles. The van der Waals surface area contributed by atoms with Gasteiger partial charge in [0.1, 0.15) is 10.8 Å². The molecule has 28 heavy (non-hydrogen) atoms. The Morgan fingerprint density at radius 3 is 2.57 bits per heavy atom. The minimum absolute atomic E-state index is 0.0716. The maximum Gasteiger partial charge on any atom is 0.263 e. The van der Waals surface area contributed by atoms with Crippen molar-refractivity contribution in [2.24, 2.45) is 0 Å². The first kappa shape index (κ1) is 20.3. The highest BCUT2D eigenvalue weighted by molar-refractivity contribution is 6.42. The third-order valence-electron chi connectivity index (χ3n) is 4.74. The van der Waals surface area contributed by atoms with Gasteiger partial charge >= 0.3 is 0 Å². The number of carbonyl (C=O) groups is 1. The summed E-state index contributed by atoms with van der Waals surface area (Å²) in [7, 11) is 0. The molecule has 5 nitrogen and oxygen atoms in total. The molecule has 2 aromatic rings. The van der Waals surface area contributed by atoms with Gasteiger partial charge in [-0.15, -0.1) is 0 Å². The SMILES string of the molecule is CC(Oc1cccc(Cl)c1Cl)C(=O)N1CCCN(c2ccc(C#N)cc2)CC1. The zero-order valence-corrected chi connectivity index (χ0v) is 17.1. The molecule has 0 N–H and O–H groups in total. The Morgan fingerprint density at radius 2 is 1.86 bits per heavy atom. The molecule has 1 atom stereocenters. The lowest BCUT2D eigenvalue weighted by Gasteiger charge is -2.26. The molecule has 3 rings (SSSR count). The van der Waals surface area contributed by atoms with Crippen LogP contribution in [0.25, 0.3) is 0 Å². The van der Waals surface area contributed by atoms with Gasteiger partial charge in [-0.2, -0.15) is 5.26 Å². The second-order valence-corrected chi connectivity index (χ2v) is 7.42. The number of carbonyl (C=O) groups excluding carboxylic acids is 1. The molecule has 0 spiro atoms. The van der Waals surface area contributed by atoms with Gasteiger partial charge in [-0.1, -0.05) is 29.3 Å². The normalized spacial score (nSPS) is 15.5. The van der Waals surface area contributed by atoms with Gasteiger partial charge in [0, 0.05) is 31.9 Å². The number of nitriles is 1. The fraction of sp³-hybridized carbons (Fsp3) is 0.333. The van der Waals surface area contributed by atoms with Crippen LogP contribution in [0.5, 0.6) is 5.75 Å². The number of nitrogens with zero attached hydrogens (tertiary/aromatic N) is 3. The number of benzene rings is 2. The van der Waals surface area contributed by atoms with E-state index in [1.54, 1.807) is 25.1 Å². The summed E-state index contributed by atoms with van der Waals surface area (Å²) in [6, 6.07) is 14.8. The number of hydrogen-bond donors (Lipinski definition) is 0. The largest absolute Gasteiger partial charge is 0.479 e. The maximum atomic E-state index is 12.8. The van der Waals surface area contributed by atoms with Gasteiger partial charge in [0.15, 0.2) is 6.10 Å². The van der Waals surface area contributed by atoms with Crippen molar-refractivity contribution < 1.29 is 9.53 Å². The topological polar surface area (TPSA) is 56.6 Å². The van der Waals surface area contributed by atoms with Crippen LogP contribution in [0.4, 0.5) is 5.69 Å². The van der Waals surface area contributed by atoms with Gasteiger partial charge in [0.05, 0.1) is 16.7 Å². The van der Waals surface area contributed by atoms with Crippen molar-refractivity contribution in [2.45, 2.75) is 19.4 Å². The average molecular weight is 418 g/mol. The second-order valence-electron chi connectivity index (χ2n) is 6.64. The molecule has 7 heteroatoms. The molecule has 0 aromatic heterocycles. The van der Waals surface area contributed by atoms with Crippen molar-refractivity contribution in [3.8, 4) is 11.8 Å². The molecule has 1 heterocycles. The van der Waals surface area contributed by atoms with E-state index < -0.39 is 6.10 Å². The number of halogens is 2. The quantitative estimate of drug-likeness (QED) is 0.740. The highest BCUT2D eigenvalue weighted by Gasteiger charge is 2.25. The molecular weight excluding hydrogens is 397 g/mol. The van der Waals surface area contributed by atoms with Crippen molar-refractivity contribution in [1.29, 1.82) is 5.26 Å². The summed E-state index contributed by atoms with van der Waals surface area (Å²) in [5.74, 6) is 0.335. The summed E-state index contributed by atoms with van der Waals surface area (Å²) in [4.78, 5) is 16.9. The standard InChI is InChI=1S/C21H21Cl2N3O2/c1-15(28-19-5-2-4-18(22)20(19)23)21(27)26-11-3-10-25(12-13-26)17-8-6-16(14-24)7-9-17/h2,4-9,15H,3,10-13H2,1H3.